The molecule has 1 unspecified atom stereocenters. The maximum atomic E-state index is 5.70. The Kier molecular flexibility index (Phi) is 4.36. The van der Waals surface area contributed by atoms with Crippen LogP contribution in [0.15, 0.2) is 23.7 Å². The van der Waals surface area contributed by atoms with E-state index >= 15 is 0 Å². The summed E-state index contributed by atoms with van der Waals surface area (Å²) in [7, 11) is 3.26. The lowest BCUT2D eigenvalue weighted by molar-refractivity contribution is 0.387. The zero-order valence-corrected chi connectivity index (χ0v) is 12.0. The fourth-order valence-electron chi connectivity index (χ4n) is 1.95. The molecule has 19 heavy (non-hydrogen) atoms. The van der Waals surface area contributed by atoms with E-state index in [2.05, 4.69) is 10.4 Å². The largest absolute Gasteiger partial charge is 0.497 e. The minimum absolute atomic E-state index is 0.145. The zero-order chi connectivity index (χ0) is 13.8. The molecule has 1 aromatic carbocycles. The van der Waals surface area contributed by atoms with Crippen molar-refractivity contribution >= 4 is 11.3 Å². The molecule has 0 fully saturated rings. The van der Waals surface area contributed by atoms with Crippen molar-refractivity contribution in [3.05, 3.63) is 39.8 Å². The lowest BCUT2D eigenvalue weighted by Crippen LogP contribution is -2.29. The number of hydrazine groups is 1. The summed E-state index contributed by atoms with van der Waals surface area (Å²) in [4.78, 5) is 5.33. The number of thiazole rings is 1. The second-order valence-corrected chi connectivity index (χ2v) is 4.90. The molecule has 2 rings (SSSR count). The molecule has 1 heterocycles. The van der Waals surface area contributed by atoms with Gasteiger partial charge < -0.3 is 9.47 Å². The number of aryl methyl sites for hydroxylation is 1. The molecule has 6 heteroatoms. The van der Waals surface area contributed by atoms with Crippen LogP contribution in [0, 0.1) is 6.92 Å². The van der Waals surface area contributed by atoms with Gasteiger partial charge in [-0.15, -0.1) is 11.3 Å². The smallest absolute Gasteiger partial charge is 0.127 e. The van der Waals surface area contributed by atoms with E-state index in [-0.39, 0.29) is 6.04 Å². The summed E-state index contributed by atoms with van der Waals surface area (Å²) in [6.45, 7) is 1.96. The molecule has 0 radical (unpaired) electrons. The average molecular weight is 279 g/mol. The van der Waals surface area contributed by atoms with E-state index in [4.69, 9.17) is 15.3 Å². The molecule has 0 saturated carbocycles. The molecule has 0 aliphatic rings. The summed E-state index contributed by atoms with van der Waals surface area (Å²) >= 11 is 1.57. The maximum Gasteiger partial charge on any atom is 0.127 e. The molecule has 1 aromatic heterocycles. The molecule has 1 atom stereocenters. The predicted octanol–water partition coefficient (Wildman–Crippen LogP) is 2.02. The van der Waals surface area contributed by atoms with Crippen LogP contribution in [-0.4, -0.2) is 19.2 Å². The number of hydrogen-bond acceptors (Lipinski definition) is 6. The fourth-order valence-corrected chi connectivity index (χ4v) is 2.83. The van der Waals surface area contributed by atoms with Gasteiger partial charge in [0.15, 0.2) is 0 Å². The molecule has 5 nitrogen and oxygen atoms in total. The van der Waals surface area contributed by atoms with E-state index in [9.17, 15) is 0 Å². The summed E-state index contributed by atoms with van der Waals surface area (Å²) in [5, 5.41) is 0. The molecule has 0 spiro atoms. The van der Waals surface area contributed by atoms with Crippen LogP contribution in [0.3, 0.4) is 0 Å². The van der Waals surface area contributed by atoms with Crippen LogP contribution in [0.1, 0.15) is 22.2 Å². The van der Waals surface area contributed by atoms with Gasteiger partial charge in [-0.2, -0.15) is 0 Å². The van der Waals surface area contributed by atoms with Gasteiger partial charge in [0.1, 0.15) is 11.5 Å². The molecule has 2 aromatic rings. The number of nitrogens with zero attached hydrogens (tertiary/aromatic N) is 1. The number of rotatable bonds is 5. The van der Waals surface area contributed by atoms with Crippen molar-refractivity contribution in [3.8, 4) is 11.5 Å². The summed E-state index contributed by atoms with van der Waals surface area (Å²) in [5.41, 5.74) is 6.55. The van der Waals surface area contributed by atoms with Gasteiger partial charge in [0, 0.05) is 11.6 Å². The number of benzene rings is 1. The summed E-state index contributed by atoms with van der Waals surface area (Å²) < 4.78 is 10.6. The van der Waals surface area contributed by atoms with Gasteiger partial charge in [-0.1, -0.05) is 0 Å². The molecule has 0 aliphatic carbocycles. The molecule has 102 valence electrons. The minimum atomic E-state index is -0.145. The Balaban J connectivity index is 2.46. The Labute approximate surface area is 116 Å². The first-order valence-electron chi connectivity index (χ1n) is 5.79. The molecule has 0 amide bonds. The van der Waals surface area contributed by atoms with Gasteiger partial charge in [0.25, 0.3) is 0 Å². The quantitative estimate of drug-likeness (QED) is 0.647. The maximum absolute atomic E-state index is 5.70. The van der Waals surface area contributed by atoms with E-state index in [0.717, 1.165) is 27.6 Å². The molecule has 0 aliphatic heterocycles. The Morgan fingerprint density at radius 2 is 2.11 bits per heavy atom. The highest BCUT2D eigenvalue weighted by Gasteiger charge is 2.21. The van der Waals surface area contributed by atoms with Crippen LogP contribution in [0.2, 0.25) is 0 Å². The van der Waals surface area contributed by atoms with Gasteiger partial charge in [0.2, 0.25) is 0 Å². The number of nitrogens with two attached hydrogens (primary N) is 1. The first kappa shape index (κ1) is 13.8. The van der Waals surface area contributed by atoms with Gasteiger partial charge in [-0.25, -0.2) is 10.4 Å². The normalized spacial score (nSPS) is 12.2. The molecule has 0 saturated heterocycles. The second-order valence-electron chi connectivity index (χ2n) is 4.01. The lowest BCUT2D eigenvalue weighted by atomic mass is 10.0. The Bertz CT molecular complexity index is 557. The average Bonchev–Trinajstić information content (AvgIpc) is 2.86. The predicted molar refractivity (Wildman–Crippen MR) is 75.6 cm³/mol. The number of aromatic nitrogens is 1. The Morgan fingerprint density at radius 3 is 2.63 bits per heavy atom. The zero-order valence-electron chi connectivity index (χ0n) is 11.1. The van der Waals surface area contributed by atoms with Crippen molar-refractivity contribution in [1.29, 1.82) is 0 Å². The van der Waals surface area contributed by atoms with Crippen LogP contribution < -0.4 is 20.7 Å². The number of hydrogen-bond donors (Lipinski definition) is 2. The lowest BCUT2D eigenvalue weighted by Gasteiger charge is -2.19. The minimum Gasteiger partial charge on any atom is -0.497 e. The van der Waals surface area contributed by atoms with Gasteiger partial charge in [-0.05, 0) is 19.1 Å². The summed E-state index contributed by atoms with van der Waals surface area (Å²) in [5.74, 6) is 7.18. The molecule has 0 bridgehead atoms. The van der Waals surface area contributed by atoms with Crippen LogP contribution in [0.4, 0.5) is 0 Å². The third-order valence-corrected chi connectivity index (χ3v) is 3.96. The Morgan fingerprint density at radius 1 is 1.32 bits per heavy atom. The number of methoxy groups -OCH3 is 2. The monoisotopic (exact) mass is 279 g/mol. The summed E-state index contributed by atoms with van der Waals surface area (Å²) in [6, 6.07) is 5.53. The van der Waals surface area contributed by atoms with Crippen LogP contribution in [-0.2, 0) is 0 Å². The topological polar surface area (TPSA) is 69.4 Å². The van der Waals surface area contributed by atoms with Crippen LogP contribution in [0.25, 0.3) is 0 Å². The third kappa shape index (κ3) is 2.70. The van der Waals surface area contributed by atoms with Crippen molar-refractivity contribution in [2.45, 2.75) is 13.0 Å². The highest BCUT2D eigenvalue weighted by molar-refractivity contribution is 7.09. The van der Waals surface area contributed by atoms with E-state index in [0.29, 0.717) is 0 Å². The second kappa shape index (κ2) is 6.01. The number of ether oxygens (including phenoxy) is 2. The van der Waals surface area contributed by atoms with Crippen LogP contribution in [0.5, 0.6) is 11.5 Å². The van der Waals surface area contributed by atoms with Gasteiger partial charge >= 0.3 is 0 Å². The third-order valence-electron chi connectivity index (χ3n) is 2.96. The molecule has 3 N–H and O–H groups in total. The van der Waals surface area contributed by atoms with Crippen molar-refractivity contribution in [2.24, 2.45) is 5.84 Å². The number of nitrogens with one attached hydrogen (secondary N) is 1. The standard InChI is InChI=1S/C13H17N3O2S/c1-8-13(19-7-15-8)12(16-14)10-5-4-9(17-2)6-11(10)18-3/h4-7,12,16H,14H2,1-3H3. The van der Waals surface area contributed by atoms with E-state index in [1.165, 1.54) is 0 Å². The SMILES string of the molecule is COc1ccc(C(NN)c2scnc2C)c(OC)c1. The highest BCUT2D eigenvalue weighted by atomic mass is 32.1. The van der Waals surface area contributed by atoms with E-state index in [1.54, 1.807) is 25.6 Å². The van der Waals surface area contributed by atoms with Crippen molar-refractivity contribution in [2.75, 3.05) is 14.2 Å². The van der Waals surface area contributed by atoms with Gasteiger partial charge in [0.05, 0.1) is 36.3 Å². The molecular weight excluding hydrogens is 262 g/mol. The Hall–Kier alpha value is -1.63. The first-order chi connectivity index (χ1) is 9.21. The fraction of sp³-hybridized carbons (Fsp3) is 0.308. The highest BCUT2D eigenvalue weighted by Crippen LogP contribution is 2.35. The van der Waals surface area contributed by atoms with E-state index < -0.39 is 0 Å². The van der Waals surface area contributed by atoms with Crippen LogP contribution >= 0.6 is 11.3 Å². The van der Waals surface area contributed by atoms with Gasteiger partial charge in [-0.3, -0.25) is 5.84 Å². The van der Waals surface area contributed by atoms with E-state index in [1.807, 2.05) is 30.6 Å². The first-order valence-corrected chi connectivity index (χ1v) is 6.67. The van der Waals surface area contributed by atoms with Crippen molar-refractivity contribution in [3.63, 3.8) is 0 Å². The van der Waals surface area contributed by atoms with Crippen molar-refractivity contribution in [1.82, 2.24) is 10.4 Å². The summed E-state index contributed by atoms with van der Waals surface area (Å²) in [6.07, 6.45) is 0. The molecular formula is C13H17N3O2S. The van der Waals surface area contributed by atoms with Crippen molar-refractivity contribution < 1.29 is 9.47 Å².